The molecule has 210 valence electrons. The smallest absolute Gasteiger partial charge is 0.187 e. The van der Waals surface area contributed by atoms with Crippen LogP contribution < -0.4 is 0 Å². The van der Waals surface area contributed by atoms with Crippen LogP contribution in [0.3, 0.4) is 0 Å². The minimum Gasteiger partial charge on any atom is -0.238 e. The van der Waals surface area contributed by atoms with Gasteiger partial charge >= 0.3 is 0 Å². The molecule has 8 rings (SSSR count). The second-order valence-corrected chi connectivity index (χ2v) is 11.8. The van der Waals surface area contributed by atoms with E-state index in [1.807, 2.05) is 96.3 Å². The van der Waals surface area contributed by atoms with Crippen LogP contribution in [0.15, 0.2) is 146 Å². The summed E-state index contributed by atoms with van der Waals surface area (Å²) >= 11 is 1.82. The highest BCUT2D eigenvalue weighted by molar-refractivity contribution is 7.26. The van der Waals surface area contributed by atoms with Crippen LogP contribution >= 0.6 is 11.3 Å². The van der Waals surface area contributed by atoms with Crippen LogP contribution in [0.4, 0.5) is 5.69 Å². The molecule has 45 heavy (non-hydrogen) atoms. The summed E-state index contributed by atoms with van der Waals surface area (Å²) in [5.74, 6) is 1.94. The zero-order chi connectivity index (χ0) is 30.2. The third-order valence-electron chi connectivity index (χ3n) is 7.99. The molecule has 0 saturated carbocycles. The first-order valence-corrected chi connectivity index (χ1v) is 15.5. The van der Waals surface area contributed by atoms with Crippen molar-refractivity contribution in [1.29, 1.82) is 0 Å². The number of thiophene rings is 1. The van der Waals surface area contributed by atoms with Gasteiger partial charge in [0.15, 0.2) is 23.2 Å². The Kier molecular flexibility index (Phi) is 6.68. The van der Waals surface area contributed by atoms with E-state index in [0.717, 1.165) is 27.8 Å². The van der Waals surface area contributed by atoms with Gasteiger partial charge in [0.2, 0.25) is 0 Å². The third-order valence-corrected chi connectivity index (χ3v) is 9.19. The molecule has 0 N–H and O–H groups in total. The van der Waals surface area contributed by atoms with Crippen molar-refractivity contribution < 1.29 is 0 Å². The van der Waals surface area contributed by atoms with Gasteiger partial charge in [-0.15, -0.1) is 11.3 Å². The Hall–Kier alpha value is -5.96. The highest BCUT2D eigenvalue weighted by Gasteiger charge is 2.17. The maximum atomic E-state index is 7.34. The molecule has 0 aliphatic rings. The Labute approximate surface area is 264 Å². The predicted molar refractivity (Wildman–Crippen MR) is 186 cm³/mol. The molecule has 0 fully saturated rings. The second-order valence-electron chi connectivity index (χ2n) is 10.7. The van der Waals surface area contributed by atoms with Crippen LogP contribution in [-0.2, 0) is 0 Å². The predicted octanol–water partition coefficient (Wildman–Crippen LogP) is 11.1. The molecule has 0 radical (unpaired) electrons. The van der Waals surface area contributed by atoms with E-state index >= 15 is 0 Å². The summed E-state index contributed by atoms with van der Waals surface area (Å²) < 4.78 is 2.50. The van der Waals surface area contributed by atoms with Crippen molar-refractivity contribution in [3.8, 4) is 56.4 Å². The van der Waals surface area contributed by atoms with E-state index < -0.39 is 0 Å². The summed E-state index contributed by atoms with van der Waals surface area (Å²) in [7, 11) is 0. The van der Waals surface area contributed by atoms with Crippen LogP contribution in [0.1, 0.15) is 0 Å². The summed E-state index contributed by atoms with van der Waals surface area (Å²) in [6, 6.07) is 49.5. The monoisotopic (exact) mass is 592 g/mol. The molecule has 0 unspecified atom stereocenters. The summed E-state index contributed by atoms with van der Waals surface area (Å²) in [5.41, 5.74) is 8.07. The molecule has 8 aromatic rings. The van der Waals surface area contributed by atoms with Crippen molar-refractivity contribution in [3.05, 3.63) is 157 Å². The van der Waals surface area contributed by atoms with Crippen molar-refractivity contribution in [1.82, 2.24) is 15.0 Å². The molecule has 5 heteroatoms. The molecule has 2 aromatic heterocycles. The number of aromatic nitrogens is 3. The van der Waals surface area contributed by atoms with E-state index in [1.165, 1.54) is 31.3 Å². The van der Waals surface area contributed by atoms with Gasteiger partial charge in [-0.05, 0) is 28.3 Å². The molecule has 6 aromatic carbocycles. The molecular formula is C40H24N4S. The Bertz CT molecular complexity index is 2300. The third kappa shape index (κ3) is 4.94. The first kappa shape index (κ1) is 26.7. The average molecular weight is 593 g/mol. The standard InChI is InChI=1S/C40H24N4S/c1-41-31-22-20-26(21-23-31)32-24-25-33(37-36(32)34-14-8-9-15-35(34)45-37)27-16-18-30(19-17-27)40-43-38(28-10-4-2-5-11-28)42-39(44-40)29-12-6-3-7-13-29/h2-25H. The number of rotatable bonds is 5. The lowest BCUT2D eigenvalue weighted by Gasteiger charge is -2.11. The largest absolute Gasteiger partial charge is 0.238 e. The lowest BCUT2D eigenvalue weighted by atomic mass is 9.94. The summed E-state index contributed by atoms with van der Waals surface area (Å²) in [6.07, 6.45) is 0. The topological polar surface area (TPSA) is 43.0 Å². The first-order chi connectivity index (χ1) is 22.2. The molecule has 0 saturated heterocycles. The average Bonchev–Trinajstić information content (AvgIpc) is 3.52. The van der Waals surface area contributed by atoms with Crippen molar-refractivity contribution in [2.24, 2.45) is 0 Å². The van der Waals surface area contributed by atoms with E-state index in [1.54, 1.807) is 0 Å². The number of hydrogen-bond acceptors (Lipinski definition) is 4. The maximum Gasteiger partial charge on any atom is 0.187 e. The fourth-order valence-corrected chi connectivity index (χ4v) is 7.01. The molecule has 2 heterocycles. The quantitative estimate of drug-likeness (QED) is 0.187. The number of hydrogen-bond donors (Lipinski definition) is 0. The molecule has 0 bridgehead atoms. The van der Waals surface area contributed by atoms with Crippen LogP contribution in [0.2, 0.25) is 0 Å². The Morgan fingerprint density at radius 3 is 1.51 bits per heavy atom. The van der Waals surface area contributed by atoms with Crippen molar-refractivity contribution in [2.45, 2.75) is 0 Å². The molecule has 4 nitrogen and oxygen atoms in total. The lowest BCUT2D eigenvalue weighted by molar-refractivity contribution is 1.07. The lowest BCUT2D eigenvalue weighted by Crippen LogP contribution is -2.00. The SMILES string of the molecule is [C-]#[N+]c1ccc(-c2ccc(-c3ccc(-c4nc(-c5ccccc5)nc(-c5ccccc5)n4)cc3)c3sc4ccccc4c23)cc1. The summed E-state index contributed by atoms with van der Waals surface area (Å²) in [5, 5.41) is 2.48. The molecule has 0 amide bonds. The van der Waals surface area contributed by atoms with Gasteiger partial charge in [-0.1, -0.05) is 140 Å². The summed E-state index contributed by atoms with van der Waals surface area (Å²) in [6.45, 7) is 7.34. The fraction of sp³-hybridized carbons (Fsp3) is 0. The van der Waals surface area contributed by atoms with Gasteiger partial charge in [-0.25, -0.2) is 19.8 Å². The first-order valence-electron chi connectivity index (χ1n) is 14.6. The van der Waals surface area contributed by atoms with Gasteiger partial charge in [-0.2, -0.15) is 0 Å². The molecule has 0 spiro atoms. The zero-order valence-corrected chi connectivity index (χ0v) is 24.9. The van der Waals surface area contributed by atoms with Gasteiger partial charge in [0.05, 0.1) is 6.57 Å². The van der Waals surface area contributed by atoms with Gasteiger partial charge in [0.25, 0.3) is 0 Å². The summed E-state index contributed by atoms with van der Waals surface area (Å²) in [4.78, 5) is 18.2. The number of nitrogens with zero attached hydrogens (tertiary/aromatic N) is 4. The van der Waals surface area contributed by atoms with Crippen LogP contribution in [-0.4, -0.2) is 15.0 Å². The minimum absolute atomic E-state index is 0.638. The van der Waals surface area contributed by atoms with Crippen LogP contribution in [0.25, 0.3) is 81.4 Å². The fourth-order valence-electron chi connectivity index (χ4n) is 5.75. The van der Waals surface area contributed by atoms with Crippen molar-refractivity contribution >= 4 is 37.2 Å². The van der Waals surface area contributed by atoms with Crippen LogP contribution in [0, 0.1) is 6.57 Å². The van der Waals surface area contributed by atoms with Crippen molar-refractivity contribution in [3.63, 3.8) is 0 Å². The van der Waals surface area contributed by atoms with Gasteiger partial charge in [0.1, 0.15) is 0 Å². The molecule has 0 atom stereocenters. The highest BCUT2D eigenvalue weighted by atomic mass is 32.1. The van der Waals surface area contributed by atoms with Gasteiger partial charge < -0.3 is 0 Å². The second kappa shape index (κ2) is 11.3. The van der Waals surface area contributed by atoms with Gasteiger partial charge in [-0.3, -0.25) is 0 Å². The van der Waals surface area contributed by atoms with E-state index in [-0.39, 0.29) is 0 Å². The van der Waals surface area contributed by atoms with E-state index in [4.69, 9.17) is 21.5 Å². The Morgan fingerprint density at radius 2 is 0.911 bits per heavy atom. The van der Waals surface area contributed by atoms with Crippen molar-refractivity contribution in [2.75, 3.05) is 0 Å². The maximum absolute atomic E-state index is 7.34. The zero-order valence-electron chi connectivity index (χ0n) is 24.1. The number of benzene rings is 6. The van der Waals surface area contributed by atoms with E-state index in [0.29, 0.717) is 23.2 Å². The van der Waals surface area contributed by atoms with E-state index in [2.05, 4.69) is 65.5 Å². The minimum atomic E-state index is 0.638. The van der Waals surface area contributed by atoms with Gasteiger partial charge in [0, 0.05) is 36.9 Å². The van der Waals surface area contributed by atoms with Crippen LogP contribution in [0.5, 0.6) is 0 Å². The molecule has 0 aliphatic carbocycles. The number of fused-ring (bicyclic) bond motifs is 3. The molecule has 0 aliphatic heterocycles. The molecular weight excluding hydrogens is 569 g/mol. The Morgan fingerprint density at radius 1 is 0.444 bits per heavy atom. The Balaban J connectivity index is 1.24. The van der Waals surface area contributed by atoms with E-state index in [9.17, 15) is 0 Å². The highest BCUT2D eigenvalue weighted by Crippen LogP contribution is 2.45. The normalized spacial score (nSPS) is 11.1.